The maximum Gasteiger partial charge on any atom is 0.326 e. The lowest BCUT2D eigenvalue weighted by Crippen LogP contribution is -2.10. The minimum absolute atomic E-state index is 0.551. The summed E-state index contributed by atoms with van der Waals surface area (Å²) in [5, 5.41) is 10.9. The van der Waals surface area contributed by atoms with Gasteiger partial charge in [0.2, 0.25) is 0 Å². The van der Waals surface area contributed by atoms with Crippen LogP contribution in [0.25, 0.3) is 0 Å². The molecule has 1 aromatic rings. The Morgan fingerprint density at radius 1 is 1.47 bits per heavy atom. The van der Waals surface area contributed by atoms with Gasteiger partial charge in [0, 0.05) is 0 Å². The van der Waals surface area contributed by atoms with Gasteiger partial charge >= 0.3 is 5.91 Å². The number of hydrogen-bond donors (Lipinski definition) is 1. The summed E-state index contributed by atoms with van der Waals surface area (Å²) in [6, 6.07) is 5.22. The predicted octanol–water partition coefficient (Wildman–Crippen LogP) is 1.77. The average molecular weight is 204 g/mol. The van der Waals surface area contributed by atoms with Crippen LogP contribution in [-0.2, 0) is 4.79 Å². The van der Waals surface area contributed by atoms with Crippen molar-refractivity contribution in [1.29, 1.82) is 5.26 Å². The lowest BCUT2D eigenvalue weighted by atomic mass is 10.1. The predicted molar refractivity (Wildman–Crippen MR) is 56.7 cm³/mol. The van der Waals surface area contributed by atoms with Crippen LogP contribution >= 0.6 is 0 Å². The molecule has 4 heteroatoms. The van der Waals surface area contributed by atoms with E-state index in [2.05, 4.69) is 5.32 Å². The fourth-order valence-corrected chi connectivity index (χ4v) is 1.39. The van der Waals surface area contributed by atoms with Crippen LogP contribution in [0.4, 0.5) is 5.69 Å². The molecule has 0 aliphatic rings. The number of amides is 1. The molecule has 0 aromatic heterocycles. The van der Waals surface area contributed by atoms with Crippen LogP contribution in [0.5, 0.6) is 5.75 Å². The number of ether oxygens (including phenoxy) is 1. The third-order valence-corrected chi connectivity index (χ3v) is 2.00. The first-order valence-corrected chi connectivity index (χ1v) is 4.44. The van der Waals surface area contributed by atoms with Crippen molar-refractivity contribution in [2.75, 3.05) is 12.4 Å². The highest BCUT2D eigenvalue weighted by molar-refractivity contribution is 6.03. The van der Waals surface area contributed by atoms with E-state index < -0.39 is 5.91 Å². The normalized spacial score (nSPS) is 9.20. The van der Waals surface area contributed by atoms with E-state index in [-0.39, 0.29) is 0 Å². The Labute approximate surface area is 88.5 Å². The van der Waals surface area contributed by atoms with E-state index >= 15 is 0 Å². The summed E-state index contributed by atoms with van der Waals surface area (Å²) in [5.74, 6) is -0.128. The summed E-state index contributed by atoms with van der Waals surface area (Å²) >= 11 is 0. The maximum absolute atomic E-state index is 11.0. The number of aryl methyl sites for hydroxylation is 2. The van der Waals surface area contributed by atoms with Crippen molar-refractivity contribution in [2.45, 2.75) is 13.8 Å². The Hall–Kier alpha value is -2.02. The Bertz CT molecular complexity index is 433. The van der Waals surface area contributed by atoms with Crippen LogP contribution in [0, 0.1) is 25.2 Å². The molecule has 0 saturated heterocycles. The van der Waals surface area contributed by atoms with Gasteiger partial charge in [0.25, 0.3) is 0 Å². The Morgan fingerprint density at radius 3 is 2.67 bits per heavy atom. The van der Waals surface area contributed by atoms with Gasteiger partial charge in [-0.3, -0.25) is 4.79 Å². The number of nitriles is 1. The number of carbonyl (C=O) groups is 1. The van der Waals surface area contributed by atoms with Crippen molar-refractivity contribution in [3.05, 3.63) is 23.3 Å². The molecule has 1 rings (SSSR count). The van der Waals surface area contributed by atoms with Crippen LogP contribution in [0.2, 0.25) is 0 Å². The average Bonchev–Trinajstić information content (AvgIpc) is 2.21. The molecule has 0 atom stereocenters. The molecule has 0 aliphatic heterocycles. The topological polar surface area (TPSA) is 62.1 Å². The van der Waals surface area contributed by atoms with E-state index in [0.29, 0.717) is 11.4 Å². The summed E-state index contributed by atoms with van der Waals surface area (Å²) in [7, 11) is 1.52. The molecule has 1 aromatic carbocycles. The third-order valence-electron chi connectivity index (χ3n) is 2.00. The molecule has 15 heavy (non-hydrogen) atoms. The number of anilines is 1. The van der Waals surface area contributed by atoms with E-state index in [4.69, 9.17) is 10.00 Å². The van der Waals surface area contributed by atoms with Gasteiger partial charge in [0.05, 0.1) is 12.8 Å². The van der Waals surface area contributed by atoms with Crippen molar-refractivity contribution in [3.63, 3.8) is 0 Å². The van der Waals surface area contributed by atoms with E-state index in [1.165, 1.54) is 13.2 Å². The first kappa shape index (κ1) is 11.1. The van der Waals surface area contributed by atoms with Crippen LogP contribution in [0.3, 0.4) is 0 Å². The summed E-state index contributed by atoms with van der Waals surface area (Å²) in [5.41, 5.74) is 2.46. The van der Waals surface area contributed by atoms with Crippen molar-refractivity contribution in [3.8, 4) is 11.8 Å². The van der Waals surface area contributed by atoms with Gasteiger partial charge < -0.3 is 10.1 Å². The molecule has 0 unspecified atom stereocenters. The quantitative estimate of drug-likeness (QED) is 0.747. The largest absolute Gasteiger partial charge is 0.495 e. The number of nitrogens with zero attached hydrogens (tertiary/aromatic N) is 1. The third kappa shape index (κ3) is 2.47. The second-order valence-corrected chi connectivity index (χ2v) is 3.23. The highest BCUT2D eigenvalue weighted by atomic mass is 16.5. The first-order chi connectivity index (χ1) is 7.08. The molecule has 0 saturated carbocycles. The van der Waals surface area contributed by atoms with Crippen LogP contribution in [0.15, 0.2) is 12.1 Å². The summed E-state index contributed by atoms with van der Waals surface area (Å²) in [6.45, 7) is 3.79. The Kier molecular flexibility index (Phi) is 3.29. The van der Waals surface area contributed by atoms with E-state index in [0.717, 1.165) is 11.1 Å². The van der Waals surface area contributed by atoms with Gasteiger partial charge in [-0.25, -0.2) is 0 Å². The van der Waals surface area contributed by atoms with E-state index in [9.17, 15) is 4.79 Å². The fraction of sp³-hybridized carbons (Fsp3) is 0.273. The smallest absolute Gasteiger partial charge is 0.326 e. The molecule has 0 heterocycles. The van der Waals surface area contributed by atoms with Crippen molar-refractivity contribution >= 4 is 11.6 Å². The van der Waals surface area contributed by atoms with Gasteiger partial charge in [-0.05, 0) is 31.0 Å². The molecule has 78 valence electrons. The van der Waals surface area contributed by atoms with Crippen molar-refractivity contribution in [1.82, 2.24) is 0 Å². The number of carbonyl (C=O) groups excluding carboxylic acids is 1. The Balaban J connectivity index is 3.16. The van der Waals surface area contributed by atoms with Gasteiger partial charge in [-0.2, -0.15) is 5.26 Å². The zero-order chi connectivity index (χ0) is 11.4. The second-order valence-electron chi connectivity index (χ2n) is 3.23. The van der Waals surface area contributed by atoms with Crippen molar-refractivity contribution < 1.29 is 9.53 Å². The monoisotopic (exact) mass is 204 g/mol. The lowest BCUT2D eigenvalue weighted by molar-refractivity contribution is -0.111. The SMILES string of the molecule is COc1cc(C)cc(C)c1NC(=O)C#N. The molecule has 1 N–H and O–H groups in total. The number of rotatable bonds is 2. The summed E-state index contributed by atoms with van der Waals surface area (Å²) in [4.78, 5) is 11.0. The van der Waals surface area contributed by atoms with Gasteiger partial charge in [0.15, 0.2) is 6.07 Å². The van der Waals surface area contributed by atoms with E-state index in [1.807, 2.05) is 19.9 Å². The van der Waals surface area contributed by atoms with Crippen LogP contribution in [0.1, 0.15) is 11.1 Å². The molecular weight excluding hydrogens is 192 g/mol. The lowest BCUT2D eigenvalue weighted by Gasteiger charge is -2.12. The van der Waals surface area contributed by atoms with Crippen LogP contribution < -0.4 is 10.1 Å². The van der Waals surface area contributed by atoms with Crippen LogP contribution in [-0.4, -0.2) is 13.0 Å². The minimum Gasteiger partial charge on any atom is -0.495 e. The zero-order valence-corrected chi connectivity index (χ0v) is 8.92. The summed E-state index contributed by atoms with van der Waals surface area (Å²) < 4.78 is 5.13. The molecule has 0 spiro atoms. The molecule has 1 amide bonds. The van der Waals surface area contributed by atoms with Crippen molar-refractivity contribution in [2.24, 2.45) is 0 Å². The number of hydrogen-bond acceptors (Lipinski definition) is 3. The number of benzene rings is 1. The molecule has 0 bridgehead atoms. The molecule has 0 aliphatic carbocycles. The second kappa shape index (κ2) is 4.47. The van der Waals surface area contributed by atoms with E-state index in [1.54, 1.807) is 6.07 Å². The first-order valence-electron chi connectivity index (χ1n) is 4.44. The fourth-order valence-electron chi connectivity index (χ4n) is 1.39. The van der Waals surface area contributed by atoms with Gasteiger partial charge in [0.1, 0.15) is 5.75 Å². The summed E-state index contributed by atoms with van der Waals surface area (Å²) in [6.07, 6.45) is 0. The molecule has 4 nitrogen and oxygen atoms in total. The standard InChI is InChI=1S/C11H12N2O2/c1-7-4-8(2)11(9(5-7)15-3)13-10(14)6-12/h4-5H,1-3H3,(H,13,14). The zero-order valence-electron chi connectivity index (χ0n) is 8.92. The number of nitrogens with one attached hydrogen (secondary N) is 1. The number of methoxy groups -OCH3 is 1. The molecule has 0 fully saturated rings. The van der Waals surface area contributed by atoms with Gasteiger partial charge in [-0.1, -0.05) is 6.07 Å². The Morgan fingerprint density at radius 2 is 2.13 bits per heavy atom. The highest BCUT2D eigenvalue weighted by Gasteiger charge is 2.10. The highest BCUT2D eigenvalue weighted by Crippen LogP contribution is 2.29. The molecule has 0 radical (unpaired) electrons. The maximum atomic E-state index is 11.0. The van der Waals surface area contributed by atoms with Gasteiger partial charge in [-0.15, -0.1) is 0 Å². The molecular formula is C11H12N2O2. The minimum atomic E-state index is -0.694.